The molecule has 5 nitrogen and oxygen atoms in total. The van der Waals surface area contributed by atoms with Crippen LogP contribution in [0.2, 0.25) is 0 Å². The zero-order valence-electron chi connectivity index (χ0n) is 15.5. The van der Waals surface area contributed by atoms with Gasteiger partial charge in [-0.25, -0.2) is 4.98 Å². The summed E-state index contributed by atoms with van der Waals surface area (Å²) in [6.07, 6.45) is 9.25. The van der Waals surface area contributed by atoms with Crippen molar-refractivity contribution < 1.29 is 4.79 Å². The van der Waals surface area contributed by atoms with Crippen molar-refractivity contribution >= 4 is 17.2 Å². The van der Waals surface area contributed by atoms with E-state index in [4.69, 9.17) is 4.98 Å². The number of hydrogen-bond acceptors (Lipinski definition) is 5. The summed E-state index contributed by atoms with van der Waals surface area (Å²) in [6, 6.07) is 2.13. The third-order valence-corrected chi connectivity index (χ3v) is 6.87. The number of rotatable bonds is 3. The fraction of sp³-hybridized carbons (Fsp3) is 0.550. The molecule has 1 amide bonds. The highest BCUT2D eigenvalue weighted by molar-refractivity contribution is 7.13. The number of nitrogens with one attached hydrogen (secondary N) is 1. The lowest BCUT2D eigenvalue weighted by molar-refractivity contribution is 0.0936. The van der Waals surface area contributed by atoms with Crippen molar-refractivity contribution in [3.63, 3.8) is 0 Å². The van der Waals surface area contributed by atoms with Crippen LogP contribution in [0.25, 0.3) is 0 Å². The molecule has 1 saturated heterocycles. The molecule has 0 aromatic carbocycles. The van der Waals surface area contributed by atoms with E-state index in [1.54, 1.807) is 11.3 Å². The monoisotopic (exact) mass is 370 g/mol. The van der Waals surface area contributed by atoms with Gasteiger partial charge in [0.15, 0.2) is 0 Å². The van der Waals surface area contributed by atoms with Crippen LogP contribution in [0.15, 0.2) is 18.5 Å². The molecule has 1 N–H and O–H groups in total. The number of pyridine rings is 1. The maximum absolute atomic E-state index is 12.9. The maximum Gasteiger partial charge on any atom is 0.263 e. The summed E-state index contributed by atoms with van der Waals surface area (Å²) in [7, 11) is 2.16. The first kappa shape index (κ1) is 17.6. The molecule has 2 unspecified atom stereocenters. The zero-order valence-corrected chi connectivity index (χ0v) is 16.3. The Balaban J connectivity index is 1.51. The molecule has 1 aliphatic carbocycles. The van der Waals surface area contributed by atoms with Gasteiger partial charge in [0.05, 0.1) is 16.7 Å². The van der Waals surface area contributed by atoms with Gasteiger partial charge in [-0.2, -0.15) is 0 Å². The molecular weight excluding hydrogens is 344 g/mol. The van der Waals surface area contributed by atoms with Crippen molar-refractivity contribution in [3.05, 3.63) is 45.2 Å². The van der Waals surface area contributed by atoms with Crippen LogP contribution in [-0.2, 0) is 6.42 Å². The first-order valence-corrected chi connectivity index (χ1v) is 10.3. The third-order valence-electron chi connectivity index (χ3n) is 5.55. The lowest BCUT2D eigenvalue weighted by Crippen LogP contribution is -2.31. The Morgan fingerprint density at radius 2 is 2.23 bits per heavy atom. The van der Waals surface area contributed by atoms with Crippen LogP contribution in [-0.4, -0.2) is 40.9 Å². The van der Waals surface area contributed by atoms with Gasteiger partial charge in [-0.15, -0.1) is 11.3 Å². The number of likely N-dealkylation sites (tertiary alicyclic amines) is 1. The van der Waals surface area contributed by atoms with Crippen LogP contribution in [0.3, 0.4) is 0 Å². The number of piperidine rings is 1. The third kappa shape index (κ3) is 3.53. The molecule has 1 aliphatic heterocycles. The molecule has 0 bridgehead atoms. The minimum atomic E-state index is 0.0186. The quantitative estimate of drug-likeness (QED) is 0.899. The predicted molar refractivity (Wildman–Crippen MR) is 104 cm³/mol. The van der Waals surface area contributed by atoms with Gasteiger partial charge < -0.3 is 10.2 Å². The van der Waals surface area contributed by atoms with Crippen molar-refractivity contribution in [1.29, 1.82) is 0 Å². The second-order valence-corrected chi connectivity index (χ2v) is 8.59. The molecule has 26 heavy (non-hydrogen) atoms. The van der Waals surface area contributed by atoms with E-state index in [0.29, 0.717) is 5.92 Å². The van der Waals surface area contributed by atoms with Crippen molar-refractivity contribution in [3.8, 4) is 0 Å². The Labute approximate surface area is 158 Å². The number of aromatic nitrogens is 2. The summed E-state index contributed by atoms with van der Waals surface area (Å²) < 4.78 is 0. The Kier molecular flexibility index (Phi) is 5.05. The number of aryl methyl sites for hydroxylation is 2. The van der Waals surface area contributed by atoms with E-state index in [-0.39, 0.29) is 11.9 Å². The molecule has 0 spiro atoms. The number of nitrogens with zero attached hydrogens (tertiary/aromatic N) is 3. The summed E-state index contributed by atoms with van der Waals surface area (Å²) in [6.45, 7) is 4.15. The molecule has 138 valence electrons. The van der Waals surface area contributed by atoms with Gasteiger partial charge in [0, 0.05) is 24.9 Å². The van der Waals surface area contributed by atoms with Crippen molar-refractivity contribution in [2.24, 2.45) is 0 Å². The Morgan fingerprint density at radius 1 is 1.35 bits per heavy atom. The topological polar surface area (TPSA) is 58.1 Å². The molecule has 0 saturated carbocycles. The van der Waals surface area contributed by atoms with Gasteiger partial charge in [0.25, 0.3) is 5.91 Å². The highest BCUT2D eigenvalue weighted by atomic mass is 32.1. The van der Waals surface area contributed by atoms with Crippen LogP contribution < -0.4 is 5.32 Å². The lowest BCUT2D eigenvalue weighted by Gasteiger charge is -2.28. The summed E-state index contributed by atoms with van der Waals surface area (Å²) in [5, 5.41) is 4.37. The average Bonchev–Trinajstić information content (AvgIpc) is 3.04. The van der Waals surface area contributed by atoms with Gasteiger partial charge >= 0.3 is 0 Å². The van der Waals surface area contributed by atoms with E-state index in [1.165, 1.54) is 24.0 Å². The molecule has 0 radical (unpaired) electrons. The van der Waals surface area contributed by atoms with Crippen LogP contribution in [0.1, 0.15) is 69.1 Å². The lowest BCUT2D eigenvalue weighted by atomic mass is 9.89. The second-order valence-electron chi connectivity index (χ2n) is 7.56. The van der Waals surface area contributed by atoms with Crippen LogP contribution in [0.4, 0.5) is 0 Å². The van der Waals surface area contributed by atoms with E-state index < -0.39 is 0 Å². The normalized spacial score (nSPS) is 23.5. The highest BCUT2D eigenvalue weighted by Gasteiger charge is 2.27. The molecule has 1 fully saturated rings. The van der Waals surface area contributed by atoms with Gasteiger partial charge in [-0.05, 0) is 69.8 Å². The summed E-state index contributed by atoms with van der Waals surface area (Å²) in [4.78, 5) is 25.0. The number of thiazole rings is 1. The van der Waals surface area contributed by atoms with Gasteiger partial charge in [0.2, 0.25) is 0 Å². The summed E-state index contributed by atoms with van der Waals surface area (Å²) in [5.41, 5.74) is 3.34. The van der Waals surface area contributed by atoms with Crippen molar-refractivity contribution in [1.82, 2.24) is 20.2 Å². The first-order valence-electron chi connectivity index (χ1n) is 9.51. The minimum Gasteiger partial charge on any atom is -0.344 e. The van der Waals surface area contributed by atoms with E-state index in [9.17, 15) is 4.79 Å². The number of amides is 1. The standard InChI is InChI=1S/C20H26N4OS/c1-13-18(26-20(22-13)15-6-4-10-24(2)12-15)19(25)23-17-7-3-5-14-11-21-9-8-16(14)17/h8-9,11,15,17H,3-7,10,12H2,1-2H3,(H,23,25). The van der Waals surface area contributed by atoms with Crippen molar-refractivity contribution in [2.75, 3.05) is 20.1 Å². The van der Waals surface area contributed by atoms with E-state index >= 15 is 0 Å². The molecule has 2 atom stereocenters. The first-order chi connectivity index (χ1) is 12.6. The minimum absolute atomic E-state index is 0.0186. The van der Waals surface area contributed by atoms with Crippen molar-refractivity contribution in [2.45, 2.75) is 51.0 Å². The number of fused-ring (bicyclic) bond motifs is 1. The van der Waals surface area contributed by atoms with Crippen LogP contribution >= 0.6 is 11.3 Å². The number of carbonyl (C=O) groups is 1. The number of carbonyl (C=O) groups excluding carboxylic acids is 1. The Hall–Kier alpha value is -1.79. The van der Waals surface area contributed by atoms with Gasteiger partial charge in [-0.1, -0.05) is 0 Å². The van der Waals surface area contributed by atoms with Gasteiger partial charge in [0.1, 0.15) is 4.88 Å². The van der Waals surface area contributed by atoms with Gasteiger partial charge in [-0.3, -0.25) is 9.78 Å². The summed E-state index contributed by atoms with van der Waals surface area (Å²) >= 11 is 1.58. The van der Waals surface area contributed by atoms with Crippen LogP contribution in [0.5, 0.6) is 0 Å². The molecule has 2 aromatic rings. The van der Waals surface area contributed by atoms with E-state index in [0.717, 1.165) is 47.9 Å². The Morgan fingerprint density at radius 3 is 3.08 bits per heavy atom. The fourth-order valence-electron chi connectivity index (χ4n) is 4.18. The fourth-order valence-corrected chi connectivity index (χ4v) is 5.28. The molecule has 2 aromatic heterocycles. The summed E-state index contributed by atoms with van der Waals surface area (Å²) in [5.74, 6) is 0.477. The average molecular weight is 371 g/mol. The number of hydrogen-bond donors (Lipinski definition) is 1. The number of likely N-dealkylation sites (N-methyl/N-ethyl adjacent to an activating group) is 1. The molecular formula is C20H26N4OS. The smallest absolute Gasteiger partial charge is 0.263 e. The van der Waals surface area contributed by atoms with Crippen LogP contribution in [0, 0.1) is 6.92 Å². The molecule has 2 aliphatic rings. The van der Waals surface area contributed by atoms with E-state index in [2.05, 4.69) is 22.2 Å². The predicted octanol–water partition coefficient (Wildman–Crippen LogP) is 3.46. The molecule has 4 rings (SSSR count). The molecule has 6 heteroatoms. The highest BCUT2D eigenvalue weighted by Crippen LogP contribution is 2.33. The largest absolute Gasteiger partial charge is 0.344 e. The second kappa shape index (κ2) is 7.45. The maximum atomic E-state index is 12.9. The zero-order chi connectivity index (χ0) is 18.1. The van der Waals surface area contributed by atoms with E-state index in [1.807, 2.05) is 25.4 Å². The molecule has 3 heterocycles. The SMILES string of the molecule is Cc1nc(C2CCCN(C)C2)sc1C(=O)NC1CCCc2cnccc21. The Bertz CT molecular complexity index is 803.